The molecule has 0 saturated carbocycles. The van der Waals surface area contributed by atoms with Gasteiger partial charge in [-0.2, -0.15) is 8.62 Å². The number of nitrogens with zero attached hydrogens (tertiary/aromatic N) is 2. The Balaban J connectivity index is 2.16. The second-order valence-corrected chi connectivity index (χ2v) is 13.0. The number of aliphatic hydroxyl groups excluding tert-OH is 2. The Labute approximate surface area is 215 Å². The normalized spacial score (nSPS) is 27.8. The average Bonchev–Trinajstić information content (AvgIpc) is 2.98. The predicted octanol–water partition coefficient (Wildman–Crippen LogP) is -1.45. The van der Waals surface area contributed by atoms with Gasteiger partial charge >= 0.3 is 29.2 Å². The summed E-state index contributed by atoms with van der Waals surface area (Å²) in [7, 11) is -16.9. The van der Waals surface area contributed by atoms with E-state index in [-0.39, 0.29) is 13.0 Å². The van der Waals surface area contributed by atoms with Crippen molar-refractivity contribution in [3.05, 3.63) is 33.1 Å². The van der Waals surface area contributed by atoms with E-state index in [0.717, 1.165) is 21.4 Å². The smallest absolute Gasteiger partial charge is 0.389 e. The first-order valence-corrected chi connectivity index (χ1v) is 15.7. The van der Waals surface area contributed by atoms with Gasteiger partial charge in [-0.25, -0.2) is 18.5 Å². The highest BCUT2D eigenvalue weighted by Gasteiger charge is 2.47. The Kier molecular flexibility index (Phi) is 10.5. The molecule has 2 rings (SSSR count). The van der Waals surface area contributed by atoms with Crippen LogP contribution in [0.1, 0.15) is 19.6 Å². The van der Waals surface area contributed by atoms with Crippen LogP contribution in [0.15, 0.2) is 21.9 Å². The maximum absolute atomic E-state index is 12.8. The molecular weight excluding hydrogens is 672 g/mol. The lowest BCUT2D eigenvalue weighted by Crippen LogP contribution is -2.44. The van der Waals surface area contributed by atoms with Crippen molar-refractivity contribution in [2.24, 2.45) is 0 Å². The third-order valence-corrected chi connectivity index (χ3v) is 10.1. The molecule has 22 heteroatoms. The number of hydrogen-bond donors (Lipinski definition) is 7. The summed E-state index contributed by atoms with van der Waals surface area (Å²) < 4.78 is 52.6. The van der Waals surface area contributed by atoms with Crippen LogP contribution in [0.3, 0.4) is 0 Å². The van der Waals surface area contributed by atoms with Crippen molar-refractivity contribution in [2.45, 2.75) is 50.0 Å². The van der Waals surface area contributed by atoms with E-state index >= 15 is 0 Å². The summed E-state index contributed by atoms with van der Waals surface area (Å²) in [6.45, 7) is 0.245. The average molecular weight is 696 g/mol. The first kappa shape index (κ1) is 31.9. The Bertz CT molecular complexity index is 1200. The molecule has 1 aliphatic heterocycles. The standard InChI is InChI=1S/C14H24IN2O16P3/c1-14(22,7-15)3-5-16-9(18)2-4-17(13(16)21)12-11(20)10(19)8(31-12)6-30-35(26,27)33-36(28,29)32-34(23,24)25/h2,4,8,10-12,19-20,22H,3,5-7H2,1H3,(H,26,27)(H,28,29)(H2,23,24,25)/t8-,10?,11?,12-,14?/m0/s1. The summed E-state index contributed by atoms with van der Waals surface area (Å²) >= 11 is 1.93. The van der Waals surface area contributed by atoms with Gasteiger partial charge < -0.3 is 39.6 Å². The topological polar surface area (TPSA) is 274 Å². The highest BCUT2D eigenvalue weighted by Crippen LogP contribution is 2.66. The van der Waals surface area contributed by atoms with Crippen molar-refractivity contribution in [3.63, 3.8) is 0 Å². The lowest BCUT2D eigenvalue weighted by Gasteiger charge is -2.22. The largest absolute Gasteiger partial charge is 0.490 e. The first-order valence-electron chi connectivity index (χ1n) is 9.68. The molecule has 0 amide bonds. The van der Waals surface area contributed by atoms with Crippen LogP contribution in [-0.2, 0) is 38.1 Å². The van der Waals surface area contributed by atoms with E-state index in [1.807, 2.05) is 22.6 Å². The van der Waals surface area contributed by atoms with Crippen molar-refractivity contribution in [1.82, 2.24) is 9.13 Å². The monoisotopic (exact) mass is 696 g/mol. The highest BCUT2D eigenvalue weighted by molar-refractivity contribution is 14.1. The zero-order valence-corrected chi connectivity index (χ0v) is 23.1. The number of aromatic nitrogens is 2. The first-order chi connectivity index (χ1) is 16.3. The van der Waals surface area contributed by atoms with Crippen molar-refractivity contribution in [2.75, 3.05) is 11.0 Å². The third-order valence-electron chi connectivity index (χ3n) is 4.69. The molecule has 5 unspecified atom stereocenters. The zero-order valence-electron chi connectivity index (χ0n) is 18.2. The molecule has 1 saturated heterocycles. The summed E-state index contributed by atoms with van der Waals surface area (Å²) in [4.78, 5) is 60.7. The summed E-state index contributed by atoms with van der Waals surface area (Å²) in [5.41, 5.74) is -2.85. The number of ether oxygens (including phenoxy) is 1. The number of phosphoric ester groups is 1. The van der Waals surface area contributed by atoms with Gasteiger partial charge in [0.15, 0.2) is 6.23 Å². The van der Waals surface area contributed by atoms with E-state index in [0.29, 0.717) is 4.43 Å². The van der Waals surface area contributed by atoms with Gasteiger partial charge in [-0.1, -0.05) is 22.6 Å². The number of halogens is 1. The Hall–Kier alpha value is -0.340. The molecule has 36 heavy (non-hydrogen) atoms. The van der Waals surface area contributed by atoms with Crippen molar-refractivity contribution in [1.29, 1.82) is 0 Å². The molecule has 1 aromatic heterocycles. The quantitative estimate of drug-likeness (QED) is 0.0748. The van der Waals surface area contributed by atoms with Crippen LogP contribution in [0.5, 0.6) is 0 Å². The molecule has 7 atom stereocenters. The predicted molar refractivity (Wildman–Crippen MR) is 125 cm³/mol. The second kappa shape index (κ2) is 11.8. The molecule has 0 aliphatic carbocycles. The van der Waals surface area contributed by atoms with Gasteiger partial charge in [-0.05, 0) is 13.3 Å². The van der Waals surface area contributed by atoms with Crippen molar-refractivity contribution >= 4 is 46.1 Å². The number of alkyl halides is 1. The Morgan fingerprint density at radius 2 is 1.69 bits per heavy atom. The van der Waals surface area contributed by atoms with Crippen LogP contribution in [0.4, 0.5) is 0 Å². The van der Waals surface area contributed by atoms with Crippen LogP contribution in [0, 0.1) is 0 Å². The fourth-order valence-electron chi connectivity index (χ4n) is 2.92. The van der Waals surface area contributed by atoms with Crippen LogP contribution in [0.25, 0.3) is 0 Å². The minimum Gasteiger partial charge on any atom is -0.389 e. The fraction of sp³-hybridized carbons (Fsp3) is 0.714. The minimum atomic E-state index is -5.77. The van der Waals surface area contributed by atoms with E-state index in [4.69, 9.17) is 19.4 Å². The fourth-order valence-corrected chi connectivity index (χ4v) is 6.33. The Morgan fingerprint density at radius 1 is 1.08 bits per heavy atom. The van der Waals surface area contributed by atoms with E-state index in [1.54, 1.807) is 0 Å². The summed E-state index contributed by atoms with van der Waals surface area (Å²) in [6.07, 6.45) is -5.88. The highest BCUT2D eigenvalue weighted by atomic mass is 127. The minimum absolute atomic E-state index is 0.0362. The van der Waals surface area contributed by atoms with Gasteiger partial charge in [0.25, 0.3) is 5.56 Å². The molecule has 18 nitrogen and oxygen atoms in total. The lowest BCUT2D eigenvalue weighted by molar-refractivity contribution is -0.0549. The van der Waals surface area contributed by atoms with Crippen LogP contribution in [-0.4, -0.2) is 79.0 Å². The lowest BCUT2D eigenvalue weighted by atomic mass is 10.1. The van der Waals surface area contributed by atoms with Gasteiger partial charge in [0, 0.05) is 23.2 Å². The van der Waals surface area contributed by atoms with Gasteiger partial charge in [0.2, 0.25) is 0 Å². The molecule has 0 radical (unpaired) electrons. The zero-order chi connectivity index (χ0) is 27.7. The number of aliphatic hydroxyl groups is 3. The molecule has 2 heterocycles. The molecular formula is C14H24IN2O16P3. The van der Waals surface area contributed by atoms with Crippen LogP contribution >= 0.6 is 46.1 Å². The Morgan fingerprint density at radius 3 is 2.25 bits per heavy atom. The van der Waals surface area contributed by atoms with Gasteiger partial charge in [0.1, 0.15) is 18.3 Å². The van der Waals surface area contributed by atoms with E-state index in [9.17, 15) is 43.5 Å². The molecule has 0 bridgehead atoms. The number of phosphoric acid groups is 3. The van der Waals surface area contributed by atoms with Crippen molar-refractivity contribution in [3.8, 4) is 0 Å². The maximum atomic E-state index is 12.8. The number of hydrogen-bond acceptors (Lipinski definition) is 12. The van der Waals surface area contributed by atoms with Gasteiger partial charge in [0.05, 0.1) is 12.2 Å². The van der Waals surface area contributed by atoms with E-state index < -0.39 is 71.5 Å². The molecule has 7 N–H and O–H groups in total. The molecule has 1 aromatic rings. The molecule has 208 valence electrons. The summed E-state index contributed by atoms with van der Waals surface area (Å²) in [5, 5.41) is 30.7. The summed E-state index contributed by atoms with van der Waals surface area (Å²) in [6, 6.07) is 0.974. The molecule has 0 spiro atoms. The van der Waals surface area contributed by atoms with Gasteiger partial charge in [-0.3, -0.25) is 18.5 Å². The van der Waals surface area contributed by atoms with Crippen molar-refractivity contribution < 1.29 is 66.5 Å². The third kappa shape index (κ3) is 8.86. The van der Waals surface area contributed by atoms with E-state index in [1.165, 1.54) is 6.92 Å². The molecule has 0 aromatic carbocycles. The summed E-state index contributed by atoms with van der Waals surface area (Å²) in [5.74, 6) is 0. The van der Waals surface area contributed by atoms with Crippen LogP contribution < -0.4 is 11.2 Å². The second-order valence-electron chi connectivity index (χ2n) is 7.81. The van der Waals surface area contributed by atoms with Gasteiger partial charge in [-0.15, -0.1) is 0 Å². The van der Waals surface area contributed by atoms with E-state index in [2.05, 4.69) is 13.1 Å². The SMILES string of the molecule is CC(O)(CI)CCn1c(=O)ccn([C@H]2O[C@@H](COP(=O)(O)OP(=O)(O)OP(=O)(O)O)C(O)C2O)c1=O. The van der Waals surface area contributed by atoms with Crippen LogP contribution in [0.2, 0.25) is 0 Å². The molecule has 1 fully saturated rings. The maximum Gasteiger partial charge on any atom is 0.490 e. The molecule has 1 aliphatic rings. The number of rotatable bonds is 12.